The summed E-state index contributed by atoms with van der Waals surface area (Å²) >= 11 is 0. The van der Waals surface area contributed by atoms with Crippen molar-refractivity contribution >= 4 is 0 Å². The van der Waals surface area contributed by atoms with Crippen LogP contribution >= 0.6 is 0 Å². The van der Waals surface area contributed by atoms with Gasteiger partial charge >= 0.3 is 0 Å². The fourth-order valence-corrected chi connectivity index (χ4v) is 1.77. The first-order chi connectivity index (χ1) is 8.25. The highest BCUT2D eigenvalue weighted by Crippen LogP contribution is 2.19. The molecule has 17 heavy (non-hydrogen) atoms. The van der Waals surface area contributed by atoms with Crippen molar-refractivity contribution < 1.29 is 0 Å². The van der Waals surface area contributed by atoms with Crippen LogP contribution in [0.4, 0.5) is 0 Å². The van der Waals surface area contributed by atoms with Gasteiger partial charge in [-0.05, 0) is 16.7 Å². The van der Waals surface area contributed by atoms with Gasteiger partial charge in [0.1, 0.15) is 0 Å². The van der Waals surface area contributed by atoms with E-state index in [0.717, 1.165) is 6.54 Å². The average molecular weight is 225 g/mol. The first kappa shape index (κ1) is 11.9. The van der Waals surface area contributed by atoms with E-state index in [4.69, 9.17) is 0 Å². The van der Waals surface area contributed by atoms with Crippen molar-refractivity contribution in [3.05, 3.63) is 60.2 Å². The van der Waals surface area contributed by atoms with E-state index >= 15 is 0 Å². The fraction of sp³-hybridized carbons (Fsp3) is 0.250. The summed E-state index contributed by atoms with van der Waals surface area (Å²) in [4.78, 5) is 0. The highest BCUT2D eigenvalue weighted by Gasteiger charge is 1.98. The summed E-state index contributed by atoms with van der Waals surface area (Å²) in [6.45, 7) is 5.27. The molecule has 0 amide bonds. The van der Waals surface area contributed by atoms with Crippen LogP contribution in [0.5, 0.6) is 0 Å². The van der Waals surface area contributed by atoms with Crippen molar-refractivity contribution in [3.8, 4) is 11.1 Å². The highest BCUT2D eigenvalue weighted by molar-refractivity contribution is 5.63. The molecule has 1 heteroatoms. The molecule has 0 aromatic heterocycles. The van der Waals surface area contributed by atoms with Crippen molar-refractivity contribution in [1.29, 1.82) is 0 Å². The molecule has 88 valence electrons. The minimum atomic E-state index is 0.531. The Kier molecular flexibility index (Phi) is 3.94. The first-order valence-corrected chi connectivity index (χ1v) is 6.13. The van der Waals surface area contributed by atoms with E-state index < -0.39 is 0 Å². The van der Waals surface area contributed by atoms with E-state index in [0.29, 0.717) is 6.04 Å². The van der Waals surface area contributed by atoms with Crippen LogP contribution in [-0.4, -0.2) is 6.04 Å². The zero-order valence-corrected chi connectivity index (χ0v) is 10.5. The molecule has 0 fully saturated rings. The second kappa shape index (κ2) is 5.65. The van der Waals surface area contributed by atoms with Crippen LogP contribution in [0, 0.1) is 0 Å². The van der Waals surface area contributed by atoms with Crippen LogP contribution in [0.1, 0.15) is 19.4 Å². The second-order valence-corrected chi connectivity index (χ2v) is 4.60. The van der Waals surface area contributed by atoms with Gasteiger partial charge in [-0.2, -0.15) is 0 Å². The summed E-state index contributed by atoms with van der Waals surface area (Å²) in [5, 5.41) is 3.42. The van der Waals surface area contributed by atoms with E-state index in [2.05, 4.69) is 67.7 Å². The number of nitrogens with one attached hydrogen (secondary N) is 1. The SMILES string of the molecule is CC(C)NCc1ccc(-c2ccccc2)cc1. The molecule has 0 spiro atoms. The molecule has 0 bridgehead atoms. The Bertz CT molecular complexity index is 443. The predicted octanol–water partition coefficient (Wildman–Crippen LogP) is 3.85. The molecular weight excluding hydrogens is 206 g/mol. The minimum absolute atomic E-state index is 0.531. The van der Waals surface area contributed by atoms with Gasteiger partial charge in [0.15, 0.2) is 0 Å². The molecular formula is C16H19N. The van der Waals surface area contributed by atoms with Gasteiger partial charge in [-0.1, -0.05) is 68.4 Å². The lowest BCUT2D eigenvalue weighted by molar-refractivity contribution is 0.589. The highest BCUT2D eigenvalue weighted by atomic mass is 14.9. The zero-order valence-electron chi connectivity index (χ0n) is 10.5. The molecule has 0 heterocycles. The van der Waals surface area contributed by atoms with Crippen molar-refractivity contribution in [2.75, 3.05) is 0 Å². The minimum Gasteiger partial charge on any atom is -0.310 e. The van der Waals surface area contributed by atoms with Gasteiger partial charge in [0, 0.05) is 12.6 Å². The van der Waals surface area contributed by atoms with Gasteiger partial charge < -0.3 is 5.32 Å². The zero-order chi connectivity index (χ0) is 12.1. The quantitative estimate of drug-likeness (QED) is 0.833. The molecule has 0 unspecified atom stereocenters. The van der Waals surface area contributed by atoms with Crippen LogP contribution in [0.2, 0.25) is 0 Å². The van der Waals surface area contributed by atoms with E-state index in [1.54, 1.807) is 0 Å². The Labute approximate surface area is 103 Å². The van der Waals surface area contributed by atoms with Crippen molar-refractivity contribution in [2.24, 2.45) is 0 Å². The molecule has 0 aliphatic carbocycles. The third kappa shape index (κ3) is 3.43. The fourth-order valence-electron chi connectivity index (χ4n) is 1.77. The van der Waals surface area contributed by atoms with E-state index in [-0.39, 0.29) is 0 Å². The Morgan fingerprint density at radius 1 is 0.824 bits per heavy atom. The summed E-state index contributed by atoms with van der Waals surface area (Å²) in [6.07, 6.45) is 0. The number of hydrogen-bond donors (Lipinski definition) is 1. The van der Waals surface area contributed by atoms with Crippen LogP contribution in [0.3, 0.4) is 0 Å². The van der Waals surface area contributed by atoms with Crippen LogP contribution in [0.15, 0.2) is 54.6 Å². The lowest BCUT2D eigenvalue weighted by Gasteiger charge is -2.08. The van der Waals surface area contributed by atoms with Crippen molar-refractivity contribution in [2.45, 2.75) is 26.4 Å². The van der Waals surface area contributed by atoms with E-state index in [1.807, 2.05) is 6.07 Å². The van der Waals surface area contributed by atoms with E-state index in [1.165, 1.54) is 16.7 Å². The second-order valence-electron chi connectivity index (χ2n) is 4.60. The Morgan fingerprint density at radius 2 is 1.41 bits per heavy atom. The van der Waals surface area contributed by atoms with Crippen molar-refractivity contribution in [3.63, 3.8) is 0 Å². The largest absolute Gasteiger partial charge is 0.310 e. The summed E-state index contributed by atoms with van der Waals surface area (Å²) in [5.41, 5.74) is 3.88. The summed E-state index contributed by atoms with van der Waals surface area (Å²) in [7, 11) is 0. The molecule has 0 radical (unpaired) electrons. The molecule has 0 atom stereocenters. The van der Waals surface area contributed by atoms with Gasteiger partial charge in [-0.15, -0.1) is 0 Å². The molecule has 1 nitrogen and oxygen atoms in total. The topological polar surface area (TPSA) is 12.0 Å². The standard InChI is InChI=1S/C16H19N/c1-13(2)17-12-14-8-10-16(11-9-14)15-6-4-3-5-7-15/h3-11,13,17H,12H2,1-2H3. The molecule has 0 saturated heterocycles. The monoisotopic (exact) mass is 225 g/mol. The Balaban J connectivity index is 2.08. The summed E-state index contributed by atoms with van der Waals surface area (Å²) < 4.78 is 0. The van der Waals surface area contributed by atoms with Gasteiger partial charge in [-0.25, -0.2) is 0 Å². The first-order valence-electron chi connectivity index (χ1n) is 6.13. The van der Waals surface area contributed by atoms with Gasteiger partial charge in [-0.3, -0.25) is 0 Å². The molecule has 0 aliphatic rings. The third-order valence-electron chi connectivity index (χ3n) is 2.78. The van der Waals surface area contributed by atoms with Gasteiger partial charge in [0.2, 0.25) is 0 Å². The summed E-state index contributed by atoms with van der Waals surface area (Å²) in [5.74, 6) is 0. The maximum atomic E-state index is 3.42. The normalized spacial score (nSPS) is 10.8. The van der Waals surface area contributed by atoms with Crippen LogP contribution in [-0.2, 0) is 6.54 Å². The molecule has 1 N–H and O–H groups in total. The Hall–Kier alpha value is -1.60. The smallest absolute Gasteiger partial charge is 0.0207 e. The number of benzene rings is 2. The molecule has 2 aromatic rings. The summed E-state index contributed by atoms with van der Waals surface area (Å²) in [6, 6.07) is 19.8. The predicted molar refractivity (Wildman–Crippen MR) is 73.9 cm³/mol. The molecule has 0 aliphatic heterocycles. The maximum Gasteiger partial charge on any atom is 0.0207 e. The molecule has 2 aromatic carbocycles. The average Bonchev–Trinajstić information content (AvgIpc) is 2.38. The van der Waals surface area contributed by atoms with Crippen LogP contribution in [0.25, 0.3) is 11.1 Å². The van der Waals surface area contributed by atoms with Crippen LogP contribution < -0.4 is 5.32 Å². The number of rotatable bonds is 4. The van der Waals surface area contributed by atoms with Gasteiger partial charge in [0.05, 0.1) is 0 Å². The molecule has 2 rings (SSSR count). The third-order valence-corrected chi connectivity index (χ3v) is 2.78. The lowest BCUT2D eigenvalue weighted by Crippen LogP contribution is -2.21. The van der Waals surface area contributed by atoms with Crippen molar-refractivity contribution in [1.82, 2.24) is 5.32 Å². The Morgan fingerprint density at radius 3 is 2.00 bits per heavy atom. The van der Waals surface area contributed by atoms with E-state index in [9.17, 15) is 0 Å². The van der Waals surface area contributed by atoms with Gasteiger partial charge in [0.25, 0.3) is 0 Å². The number of hydrogen-bond acceptors (Lipinski definition) is 1. The maximum absolute atomic E-state index is 3.42. The molecule has 0 saturated carbocycles. The lowest BCUT2D eigenvalue weighted by atomic mass is 10.0.